The summed E-state index contributed by atoms with van der Waals surface area (Å²) in [6, 6.07) is 4.91. The maximum Gasteiger partial charge on any atom is 0.317 e. The predicted octanol–water partition coefficient (Wildman–Crippen LogP) is 1.06. The number of nitrogens with one attached hydrogen (secondary N) is 2. The molecule has 1 aromatic carbocycles. The van der Waals surface area contributed by atoms with Gasteiger partial charge < -0.3 is 20.6 Å². The first kappa shape index (κ1) is 17.7. The number of rotatable bonds is 5. The zero-order valence-electron chi connectivity index (χ0n) is 13.1. The van der Waals surface area contributed by atoms with Crippen molar-refractivity contribution in [1.29, 1.82) is 0 Å². The van der Waals surface area contributed by atoms with Crippen LogP contribution in [0, 0.1) is 11.7 Å². The van der Waals surface area contributed by atoms with Gasteiger partial charge in [0.05, 0.1) is 5.92 Å². The molecular formula is C16H20FN3O4. The lowest BCUT2D eigenvalue weighted by atomic mass is 9.97. The van der Waals surface area contributed by atoms with Gasteiger partial charge in [0.15, 0.2) is 0 Å². The maximum absolute atomic E-state index is 12.8. The fraction of sp³-hybridized carbons (Fsp3) is 0.438. The van der Waals surface area contributed by atoms with E-state index in [2.05, 4.69) is 10.6 Å². The molecule has 0 radical (unpaired) electrons. The Morgan fingerprint density at radius 3 is 2.25 bits per heavy atom. The molecule has 130 valence electrons. The third-order valence-electron chi connectivity index (χ3n) is 3.92. The van der Waals surface area contributed by atoms with Gasteiger partial charge in [0.25, 0.3) is 5.91 Å². The van der Waals surface area contributed by atoms with Gasteiger partial charge in [-0.3, -0.25) is 9.59 Å². The third-order valence-corrected chi connectivity index (χ3v) is 3.92. The van der Waals surface area contributed by atoms with Crippen LogP contribution in [0.3, 0.4) is 0 Å². The Hall–Kier alpha value is -2.64. The largest absolute Gasteiger partial charge is 0.481 e. The average Bonchev–Trinajstić information content (AvgIpc) is 2.59. The lowest BCUT2D eigenvalue weighted by Gasteiger charge is -2.30. The summed E-state index contributed by atoms with van der Waals surface area (Å²) in [7, 11) is 0. The molecule has 0 aromatic heterocycles. The van der Waals surface area contributed by atoms with E-state index in [1.165, 1.54) is 24.3 Å². The minimum Gasteiger partial charge on any atom is -0.481 e. The highest BCUT2D eigenvalue weighted by Crippen LogP contribution is 2.16. The number of aliphatic carboxylic acids is 1. The highest BCUT2D eigenvalue weighted by molar-refractivity contribution is 5.94. The molecular weight excluding hydrogens is 317 g/mol. The number of carboxylic acid groups (broad SMARTS) is 1. The summed E-state index contributed by atoms with van der Waals surface area (Å²) in [6.45, 7) is 1.31. The predicted molar refractivity (Wildman–Crippen MR) is 84.1 cm³/mol. The number of carboxylic acids is 1. The molecule has 1 saturated heterocycles. The van der Waals surface area contributed by atoms with Crippen LogP contribution in [-0.4, -0.2) is 54.1 Å². The van der Waals surface area contributed by atoms with Crippen molar-refractivity contribution in [1.82, 2.24) is 15.5 Å². The molecule has 0 spiro atoms. The van der Waals surface area contributed by atoms with Gasteiger partial charge in [0.1, 0.15) is 5.82 Å². The smallest absolute Gasteiger partial charge is 0.317 e. The van der Waals surface area contributed by atoms with Gasteiger partial charge in [-0.2, -0.15) is 0 Å². The summed E-state index contributed by atoms with van der Waals surface area (Å²) in [6.07, 6.45) is 0.897. The molecule has 8 heteroatoms. The molecule has 0 saturated carbocycles. The van der Waals surface area contributed by atoms with E-state index >= 15 is 0 Å². The summed E-state index contributed by atoms with van der Waals surface area (Å²) < 4.78 is 12.8. The molecule has 1 fully saturated rings. The van der Waals surface area contributed by atoms with Crippen LogP contribution in [0.15, 0.2) is 24.3 Å². The first-order valence-electron chi connectivity index (χ1n) is 7.76. The third kappa shape index (κ3) is 4.94. The summed E-state index contributed by atoms with van der Waals surface area (Å²) in [5.74, 6) is -1.96. The Morgan fingerprint density at radius 2 is 1.67 bits per heavy atom. The minimum atomic E-state index is -0.821. The molecule has 2 rings (SSSR count). The molecule has 1 aliphatic rings. The zero-order chi connectivity index (χ0) is 17.5. The van der Waals surface area contributed by atoms with Gasteiger partial charge >= 0.3 is 12.0 Å². The van der Waals surface area contributed by atoms with Crippen molar-refractivity contribution in [2.45, 2.75) is 12.8 Å². The van der Waals surface area contributed by atoms with Crippen LogP contribution in [0.4, 0.5) is 9.18 Å². The van der Waals surface area contributed by atoms with E-state index in [9.17, 15) is 18.8 Å². The second-order valence-corrected chi connectivity index (χ2v) is 5.59. The normalized spacial score (nSPS) is 15.0. The molecule has 1 heterocycles. The molecule has 1 aliphatic heterocycles. The van der Waals surface area contributed by atoms with Crippen LogP contribution in [-0.2, 0) is 4.79 Å². The molecule has 3 N–H and O–H groups in total. The highest BCUT2D eigenvalue weighted by atomic mass is 19.1. The lowest BCUT2D eigenvalue weighted by Crippen LogP contribution is -2.47. The first-order valence-corrected chi connectivity index (χ1v) is 7.76. The second kappa shape index (κ2) is 8.28. The summed E-state index contributed by atoms with van der Waals surface area (Å²) >= 11 is 0. The Morgan fingerprint density at radius 1 is 1.08 bits per heavy atom. The molecule has 7 nitrogen and oxygen atoms in total. The summed E-state index contributed by atoms with van der Waals surface area (Å²) in [5, 5.41) is 14.2. The number of piperidine rings is 1. The second-order valence-electron chi connectivity index (χ2n) is 5.59. The summed E-state index contributed by atoms with van der Waals surface area (Å²) in [4.78, 5) is 36.2. The molecule has 0 aliphatic carbocycles. The van der Waals surface area contributed by atoms with Gasteiger partial charge in [-0.25, -0.2) is 9.18 Å². The quantitative estimate of drug-likeness (QED) is 0.700. The van der Waals surface area contributed by atoms with Gasteiger partial charge in [-0.1, -0.05) is 0 Å². The Labute approximate surface area is 138 Å². The number of benzene rings is 1. The molecule has 24 heavy (non-hydrogen) atoms. The number of carbonyl (C=O) groups is 3. The number of amides is 3. The van der Waals surface area contributed by atoms with Gasteiger partial charge in [0.2, 0.25) is 0 Å². The summed E-state index contributed by atoms with van der Waals surface area (Å²) in [5.41, 5.74) is 0.346. The molecule has 1 aromatic rings. The Balaban J connectivity index is 1.65. The SMILES string of the molecule is O=C(NCCNC(=O)N1CCC(C(=O)O)CC1)c1ccc(F)cc1. The van der Waals surface area contributed by atoms with Crippen molar-refractivity contribution in [3.05, 3.63) is 35.6 Å². The number of hydrogen-bond acceptors (Lipinski definition) is 3. The molecule has 0 bridgehead atoms. The fourth-order valence-corrected chi connectivity index (χ4v) is 2.49. The van der Waals surface area contributed by atoms with E-state index in [-0.39, 0.29) is 30.9 Å². The van der Waals surface area contributed by atoms with E-state index in [0.717, 1.165) is 0 Å². The monoisotopic (exact) mass is 337 g/mol. The average molecular weight is 337 g/mol. The number of likely N-dealkylation sites (tertiary alicyclic amines) is 1. The van der Waals surface area contributed by atoms with Crippen LogP contribution in [0.2, 0.25) is 0 Å². The van der Waals surface area contributed by atoms with Gasteiger partial charge in [-0.15, -0.1) is 0 Å². The van der Waals surface area contributed by atoms with E-state index in [0.29, 0.717) is 31.5 Å². The standard InChI is InChI=1S/C16H20FN3O4/c17-13-3-1-11(2-4-13)14(21)18-7-8-19-16(24)20-9-5-12(6-10-20)15(22)23/h1-4,12H,5-10H2,(H,18,21)(H,19,24)(H,22,23). The Kier molecular flexibility index (Phi) is 6.11. The van der Waals surface area contributed by atoms with Crippen LogP contribution < -0.4 is 10.6 Å². The zero-order valence-corrected chi connectivity index (χ0v) is 13.1. The number of nitrogens with zero attached hydrogens (tertiary/aromatic N) is 1. The number of urea groups is 1. The maximum atomic E-state index is 12.8. The minimum absolute atomic E-state index is 0.244. The fourth-order valence-electron chi connectivity index (χ4n) is 2.49. The van der Waals surface area contributed by atoms with Crippen molar-refractivity contribution in [3.63, 3.8) is 0 Å². The number of halogens is 1. The Bertz CT molecular complexity index is 598. The molecule has 3 amide bonds. The van der Waals surface area contributed by atoms with Crippen molar-refractivity contribution >= 4 is 17.9 Å². The van der Waals surface area contributed by atoms with Crippen molar-refractivity contribution in [2.75, 3.05) is 26.2 Å². The molecule has 0 unspecified atom stereocenters. The lowest BCUT2D eigenvalue weighted by molar-refractivity contribution is -0.143. The van der Waals surface area contributed by atoms with Crippen LogP contribution in [0.25, 0.3) is 0 Å². The van der Waals surface area contributed by atoms with Crippen molar-refractivity contribution in [2.24, 2.45) is 5.92 Å². The van der Waals surface area contributed by atoms with Crippen LogP contribution in [0.5, 0.6) is 0 Å². The van der Waals surface area contributed by atoms with Crippen LogP contribution in [0.1, 0.15) is 23.2 Å². The number of carbonyl (C=O) groups excluding carboxylic acids is 2. The van der Waals surface area contributed by atoms with E-state index < -0.39 is 11.8 Å². The van der Waals surface area contributed by atoms with Crippen molar-refractivity contribution < 1.29 is 23.9 Å². The topological polar surface area (TPSA) is 98.7 Å². The van der Waals surface area contributed by atoms with E-state index in [4.69, 9.17) is 5.11 Å². The van der Waals surface area contributed by atoms with Crippen molar-refractivity contribution in [3.8, 4) is 0 Å². The number of hydrogen-bond donors (Lipinski definition) is 3. The van der Waals surface area contributed by atoms with Crippen LogP contribution >= 0.6 is 0 Å². The van der Waals surface area contributed by atoms with E-state index in [1.54, 1.807) is 4.90 Å². The van der Waals surface area contributed by atoms with Gasteiger partial charge in [0, 0.05) is 31.7 Å². The molecule has 0 atom stereocenters. The first-order chi connectivity index (χ1) is 11.5. The highest BCUT2D eigenvalue weighted by Gasteiger charge is 2.26. The van der Waals surface area contributed by atoms with Gasteiger partial charge in [-0.05, 0) is 37.1 Å². The van der Waals surface area contributed by atoms with E-state index in [1.807, 2.05) is 0 Å².